The van der Waals surface area contributed by atoms with Crippen molar-refractivity contribution in [3.05, 3.63) is 24.2 Å². The lowest BCUT2D eigenvalue weighted by atomic mass is 10.2. The van der Waals surface area contributed by atoms with Gasteiger partial charge in [-0.1, -0.05) is 0 Å². The van der Waals surface area contributed by atoms with Crippen molar-refractivity contribution in [3.8, 4) is 12.3 Å². The summed E-state index contributed by atoms with van der Waals surface area (Å²) >= 11 is 0. The highest BCUT2D eigenvalue weighted by atomic mass is 16.3. The number of hydrogen-bond donors (Lipinski definition) is 1. The van der Waals surface area contributed by atoms with Gasteiger partial charge in [0, 0.05) is 18.9 Å². The molecule has 1 aromatic rings. The molecule has 1 heterocycles. The van der Waals surface area contributed by atoms with Crippen LogP contribution in [0.1, 0.15) is 31.9 Å². The molecular weight excluding hydrogens is 186 g/mol. The molecule has 0 radical (unpaired) electrons. The van der Waals surface area contributed by atoms with Gasteiger partial charge in [0.15, 0.2) is 0 Å². The van der Waals surface area contributed by atoms with E-state index in [9.17, 15) is 0 Å². The zero-order valence-corrected chi connectivity index (χ0v) is 9.33. The molecule has 1 aromatic heterocycles. The van der Waals surface area contributed by atoms with Crippen LogP contribution in [0.2, 0.25) is 0 Å². The average molecular weight is 205 g/mol. The highest BCUT2D eigenvalue weighted by molar-refractivity contribution is 4.99. The zero-order chi connectivity index (χ0) is 10.9. The van der Waals surface area contributed by atoms with E-state index >= 15 is 0 Å². The second-order valence-corrected chi connectivity index (χ2v) is 3.80. The molecule has 0 bridgehead atoms. The molecular formula is C13H19NO. The summed E-state index contributed by atoms with van der Waals surface area (Å²) < 4.78 is 5.28. The standard InChI is InChI=1S/C13H19NO/c1-3-4-5-6-9-14-12(2)11-13-8-7-10-15-13/h1,7-8,10,12,14H,4-6,9,11H2,2H3. The Labute approximate surface area is 92.1 Å². The van der Waals surface area contributed by atoms with Crippen LogP contribution in [0.15, 0.2) is 22.8 Å². The van der Waals surface area contributed by atoms with Gasteiger partial charge in [-0.2, -0.15) is 0 Å². The first-order valence-electron chi connectivity index (χ1n) is 5.52. The largest absolute Gasteiger partial charge is 0.469 e. The molecule has 0 spiro atoms. The molecule has 0 aromatic carbocycles. The minimum Gasteiger partial charge on any atom is -0.469 e. The summed E-state index contributed by atoms with van der Waals surface area (Å²) in [6.07, 6.45) is 11.0. The van der Waals surface area contributed by atoms with Crippen LogP contribution in [0.5, 0.6) is 0 Å². The second-order valence-electron chi connectivity index (χ2n) is 3.80. The predicted octanol–water partition coefficient (Wildman–Crippen LogP) is 2.60. The molecule has 2 heteroatoms. The van der Waals surface area contributed by atoms with Crippen LogP contribution in [0.25, 0.3) is 0 Å². The van der Waals surface area contributed by atoms with E-state index in [0.717, 1.165) is 38.0 Å². The van der Waals surface area contributed by atoms with Gasteiger partial charge >= 0.3 is 0 Å². The molecule has 0 aliphatic rings. The molecule has 82 valence electrons. The molecule has 2 nitrogen and oxygen atoms in total. The Balaban J connectivity index is 2.04. The second kappa shape index (κ2) is 7.14. The lowest BCUT2D eigenvalue weighted by Crippen LogP contribution is -2.28. The van der Waals surface area contributed by atoms with Crippen LogP contribution in [-0.4, -0.2) is 12.6 Å². The van der Waals surface area contributed by atoms with Gasteiger partial charge in [0.05, 0.1) is 6.26 Å². The van der Waals surface area contributed by atoms with Gasteiger partial charge in [0.2, 0.25) is 0 Å². The van der Waals surface area contributed by atoms with E-state index in [4.69, 9.17) is 10.8 Å². The fraction of sp³-hybridized carbons (Fsp3) is 0.538. The van der Waals surface area contributed by atoms with Gasteiger partial charge in [-0.15, -0.1) is 12.3 Å². The minimum absolute atomic E-state index is 0.460. The molecule has 0 amide bonds. The molecule has 1 unspecified atom stereocenters. The number of terminal acetylenes is 1. The Kier molecular flexibility index (Phi) is 5.65. The maximum absolute atomic E-state index is 5.28. The normalized spacial score (nSPS) is 12.3. The first kappa shape index (κ1) is 11.9. The smallest absolute Gasteiger partial charge is 0.105 e. The monoisotopic (exact) mass is 205 g/mol. The fourth-order valence-electron chi connectivity index (χ4n) is 1.50. The number of unbranched alkanes of at least 4 members (excludes halogenated alkanes) is 2. The molecule has 0 saturated heterocycles. The Morgan fingerprint density at radius 2 is 2.40 bits per heavy atom. The van der Waals surface area contributed by atoms with Crippen LogP contribution in [-0.2, 0) is 6.42 Å². The topological polar surface area (TPSA) is 25.2 Å². The van der Waals surface area contributed by atoms with Crippen LogP contribution >= 0.6 is 0 Å². The van der Waals surface area contributed by atoms with Crippen molar-refractivity contribution in [2.45, 2.75) is 38.6 Å². The Morgan fingerprint density at radius 1 is 1.53 bits per heavy atom. The molecule has 1 atom stereocenters. The van der Waals surface area contributed by atoms with E-state index in [1.54, 1.807) is 6.26 Å². The first-order valence-corrected chi connectivity index (χ1v) is 5.52. The van der Waals surface area contributed by atoms with Gasteiger partial charge < -0.3 is 9.73 Å². The van der Waals surface area contributed by atoms with Crippen molar-refractivity contribution < 1.29 is 4.42 Å². The van der Waals surface area contributed by atoms with E-state index in [2.05, 4.69) is 18.2 Å². The highest BCUT2D eigenvalue weighted by Crippen LogP contribution is 2.03. The van der Waals surface area contributed by atoms with Gasteiger partial charge in [-0.3, -0.25) is 0 Å². The Hall–Kier alpha value is -1.20. The number of nitrogens with one attached hydrogen (secondary N) is 1. The summed E-state index contributed by atoms with van der Waals surface area (Å²) in [6.45, 7) is 3.20. The van der Waals surface area contributed by atoms with Crippen molar-refractivity contribution >= 4 is 0 Å². The van der Waals surface area contributed by atoms with Crippen molar-refractivity contribution in [3.63, 3.8) is 0 Å². The van der Waals surface area contributed by atoms with Crippen LogP contribution < -0.4 is 5.32 Å². The van der Waals surface area contributed by atoms with E-state index in [-0.39, 0.29) is 0 Å². The van der Waals surface area contributed by atoms with Crippen molar-refractivity contribution in [1.82, 2.24) is 5.32 Å². The summed E-state index contributed by atoms with van der Waals surface area (Å²) in [4.78, 5) is 0. The van der Waals surface area contributed by atoms with Crippen molar-refractivity contribution in [2.75, 3.05) is 6.54 Å². The predicted molar refractivity (Wildman–Crippen MR) is 62.6 cm³/mol. The lowest BCUT2D eigenvalue weighted by Gasteiger charge is -2.11. The molecule has 15 heavy (non-hydrogen) atoms. The average Bonchev–Trinajstić information content (AvgIpc) is 2.70. The fourth-order valence-corrected chi connectivity index (χ4v) is 1.50. The third-order valence-electron chi connectivity index (χ3n) is 2.33. The summed E-state index contributed by atoms with van der Waals surface area (Å²) in [7, 11) is 0. The Morgan fingerprint density at radius 3 is 3.07 bits per heavy atom. The molecule has 1 rings (SSSR count). The maximum atomic E-state index is 5.28. The molecule has 1 N–H and O–H groups in total. The van der Waals surface area contributed by atoms with Gasteiger partial charge in [-0.25, -0.2) is 0 Å². The van der Waals surface area contributed by atoms with E-state index in [1.807, 2.05) is 12.1 Å². The maximum Gasteiger partial charge on any atom is 0.105 e. The molecule has 0 saturated carbocycles. The SMILES string of the molecule is C#CCCCCNC(C)Cc1ccco1. The van der Waals surface area contributed by atoms with Gasteiger partial charge in [0.1, 0.15) is 5.76 Å². The zero-order valence-electron chi connectivity index (χ0n) is 9.33. The number of rotatable bonds is 7. The van der Waals surface area contributed by atoms with Gasteiger partial charge in [0.25, 0.3) is 0 Å². The number of furan rings is 1. The van der Waals surface area contributed by atoms with E-state index < -0.39 is 0 Å². The summed E-state index contributed by atoms with van der Waals surface area (Å²) in [5, 5.41) is 3.45. The van der Waals surface area contributed by atoms with Crippen LogP contribution in [0, 0.1) is 12.3 Å². The number of hydrogen-bond acceptors (Lipinski definition) is 2. The first-order chi connectivity index (χ1) is 7.33. The summed E-state index contributed by atoms with van der Waals surface area (Å²) in [5.41, 5.74) is 0. The van der Waals surface area contributed by atoms with Gasteiger partial charge in [-0.05, 0) is 38.4 Å². The lowest BCUT2D eigenvalue weighted by molar-refractivity contribution is 0.453. The highest BCUT2D eigenvalue weighted by Gasteiger charge is 2.03. The molecule has 0 aliphatic heterocycles. The summed E-state index contributed by atoms with van der Waals surface area (Å²) in [5.74, 6) is 3.69. The summed E-state index contributed by atoms with van der Waals surface area (Å²) in [6, 6.07) is 4.40. The van der Waals surface area contributed by atoms with E-state index in [0.29, 0.717) is 6.04 Å². The van der Waals surface area contributed by atoms with Crippen LogP contribution in [0.4, 0.5) is 0 Å². The van der Waals surface area contributed by atoms with E-state index in [1.165, 1.54) is 0 Å². The molecule has 0 fully saturated rings. The Bertz CT molecular complexity index is 284. The van der Waals surface area contributed by atoms with Crippen LogP contribution in [0.3, 0.4) is 0 Å². The molecule has 0 aliphatic carbocycles. The van der Waals surface area contributed by atoms with Crippen molar-refractivity contribution in [2.24, 2.45) is 0 Å². The minimum atomic E-state index is 0.460. The quantitative estimate of drug-likeness (QED) is 0.547. The van der Waals surface area contributed by atoms with Crippen molar-refractivity contribution in [1.29, 1.82) is 0 Å². The third-order valence-corrected chi connectivity index (χ3v) is 2.33. The third kappa shape index (κ3) is 5.29.